The molecule has 8 heteroatoms. The highest BCUT2D eigenvalue weighted by Crippen LogP contribution is 2.37. The maximum Gasteiger partial charge on any atom is 0.282 e. The molecule has 0 atom stereocenters. The summed E-state index contributed by atoms with van der Waals surface area (Å²) in [5.74, 6) is -2.37. The Morgan fingerprint density at radius 1 is 0.935 bits per heavy atom. The quantitative estimate of drug-likeness (QED) is 0.566. The van der Waals surface area contributed by atoms with Gasteiger partial charge in [0.15, 0.2) is 0 Å². The van der Waals surface area contributed by atoms with E-state index in [1.165, 1.54) is 55.6 Å². The number of anilines is 2. The average molecular weight is 441 g/mol. The normalized spacial score (nSPS) is 13.7. The highest BCUT2D eigenvalue weighted by atomic mass is 35.5. The Hall–Kier alpha value is -3.71. The fraction of sp³-hybridized carbons (Fsp3) is 0.0435. The van der Waals surface area contributed by atoms with Crippen molar-refractivity contribution in [3.8, 4) is 5.75 Å². The second-order valence-electron chi connectivity index (χ2n) is 6.62. The molecular weight excluding hydrogens is 426 g/mol. The lowest BCUT2D eigenvalue weighted by molar-refractivity contribution is -0.120. The van der Waals surface area contributed by atoms with E-state index in [9.17, 15) is 18.4 Å². The number of nitrogens with one attached hydrogen (secondary N) is 1. The van der Waals surface area contributed by atoms with Gasteiger partial charge in [0.2, 0.25) is 0 Å². The van der Waals surface area contributed by atoms with Gasteiger partial charge in [0, 0.05) is 5.02 Å². The van der Waals surface area contributed by atoms with Crippen molar-refractivity contribution >= 4 is 40.4 Å². The molecule has 0 aromatic heterocycles. The van der Waals surface area contributed by atoms with Gasteiger partial charge >= 0.3 is 0 Å². The van der Waals surface area contributed by atoms with Crippen molar-refractivity contribution in [2.24, 2.45) is 0 Å². The first-order valence-electron chi connectivity index (χ1n) is 9.15. The summed E-state index contributed by atoms with van der Waals surface area (Å²) in [6, 6.07) is 15.3. The van der Waals surface area contributed by atoms with Crippen molar-refractivity contribution in [2.45, 2.75) is 0 Å². The zero-order valence-corrected chi connectivity index (χ0v) is 16.9. The molecule has 5 nitrogen and oxygen atoms in total. The van der Waals surface area contributed by atoms with Crippen molar-refractivity contribution in [3.05, 3.63) is 94.6 Å². The molecule has 1 N–H and O–H groups in total. The van der Waals surface area contributed by atoms with Gasteiger partial charge in [0.05, 0.1) is 24.1 Å². The number of nitrogens with zero attached hydrogens (tertiary/aromatic N) is 1. The molecule has 0 spiro atoms. The first-order valence-corrected chi connectivity index (χ1v) is 9.52. The topological polar surface area (TPSA) is 58.6 Å². The van der Waals surface area contributed by atoms with Gasteiger partial charge in [0.1, 0.15) is 23.1 Å². The van der Waals surface area contributed by atoms with Gasteiger partial charge in [-0.15, -0.1) is 0 Å². The van der Waals surface area contributed by atoms with E-state index >= 15 is 0 Å². The summed E-state index contributed by atoms with van der Waals surface area (Å²) in [6.07, 6.45) is 0. The Balaban J connectivity index is 1.87. The second-order valence-corrected chi connectivity index (χ2v) is 7.06. The van der Waals surface area contributed by atoms with Crippen LogP contribution in [0.3, 0.4) is 0 Å². The molecule has 0 saturated heterocycles. The third kappa shape index (κ3) is 3.75. The van der Waals surface area contributed by atoms with E-state index in [-0.39, 0.29) is 17.0 Å². The SMILES string of the molecule is COc1ccc(Cl)cc1NC1=C(c2ccc(F)cc2)C(=O)N(c2ccccc2F)C1=O. The summed E-state index contributed by atoms with van der Waals surface area (Å²) in [7, 11) is 1.44. The molecule has 4 rings (SSSR count). The number of carbonyl (C=O) groups excluding carboxylic acids is 2. The Labute approximate surface area is 181 Å². The predicted molar refractivity (Wildman–Crippen MR) is 114 cm³/mol. The minimum absolute atomic E-state index is 0.0321. The van der Waals surface area contributed by atoms with Crippen molar-refractivity contribution in [3.63, 3.8) is 0 Å². The molecule has 1 aliphatic heterocycles. The van der Waals surface area contributed by atoms with Gasteiger partial charge in [-0.2, -0.15) is 0 Å². The number of hydrogen-bond acceptors (Lipinski definition) is 4. The van der Waals surface area contributed by atoms with Crippen LogP contribution in [0.5, 0.6) is 5.75 Å². The van der Waals surface area contributed by atoms with E-state index in [1.54, 1.807) is 12.1 Å². The lowest BCUT2D eigenvalue weighted by Crippen LogP contribution is -2.33. The minimum Gasteiger partial charge on any atom is -0.495 e. The highest BCUT2D eigenvalue weighted by Gasteiger charge is 2.41. The van der Waals surface area contributed by atoms with Crippen LogP contribution in [-0.2, 0) is 9.59 Å². The third-order valence-corrected chi connectivity index (χ3v) is 4.97. The molecular formula is C23H15ClF2N2O3. The molecule has 31 heavy (non-hydrogen) atoms. The summed E-state index contributed by atoms with van der Waals surface area (Å²) in [5.41, 5.74) is 0.297. The standard InChI is InChI=1S/C23H15ClF2N2O3/c1-31-19-11-8-14(24)12-17(19)27-21-20(13-6-9-15(25)10-7-13)22(29)28(23(21)30)18-5-3-2-4-16(18)26/h2-12,27H,1H3. The van der Waals surface area contributed by atoms with Gasteiger partial charge in [0.25, 0.3) is 11.8 Å². The lowest BCUT2D eigenvalue weighted by atomic mass is 10.0. The van der Waals surface area contributed by atoms with E-state index < -0.39 is 23.4 Å². The van der Waals surface area contributed by atoms with Crippen LogP contribution in [0.4, 0.5) is 20.2 Å². The summed E-state index contributed by atoms with van der Waals surface area (Å²) in [4.78, 5) is 27.3. The fourth-order valence-corrected chi connectivity index (χ4v) is 3.47. The number of hydrogen-bond donors (Lipinski definition) is 1. The first-order chi connectivity index (χ1) is 14.9. The smallest absolute Gasteiger partial charge is 0.282 e. The summed E-state index contributed by atoms with van der Waals surface area (Å²) >= 11 is 6.08. The van der Waals surface area contributed by atoms with E-state index in [2.05, 4.69) is 5.32 Å². The summed E-state index contributed by atoms with van der Waals surface area (Å²) < 4.78 is 33.2. The highest BCUT2D eigenvalue weighted by molar-refractivity contribution is 6.46. The molecule has 0 saturated carbocycles. The largest absolute Gasteiger partial charge is 0.495 e. The molecule has 0 unspecified atom stereocenters. The van der Waals surface area contributed by atoms with Crippen LogP contribution < -0.4 is 15.0 Å². The number of amides is 2. The summed E-state index contributed by atoms with van der Waals surface area (Å²) in [5, 5.41) is 3.28. The molecule has 156 valence electrons. The molecule has 0 radical (unpaired) electrons. The molecule has 0 fully saturated rings. The van der Waals surface area contributed by atoms with Gasteiger partial charge < -0.3 is 10.1 Å². The zero-order valence-electron chi connectivity index (χ0n) is 16.2. The lowest BCUT2D eigenvalue weighted by Gasteiger charge is -2.16. The number of rotatable bonds is 5. The molecule has 0 aliphatic carbocycles. The van der Waals surface area contributed by atoms with E-state index in [0.29, 0.717) is 22.0 Å². The molecule has 3 aromatic rings. The number of para-hydroxylation sites is 1. The number of ether oxygens (including phenoxy) is 1. The third-order valence-electron chi connectivity index (χ3n) is 4.73. The Bertz CT molecular complexity index is 1230. The number of carbonyl (C=O) groups is 2. The minimum atomic E-state index is -0.767. The van der Waals surface area contributed by atoms with Crippen molar-refractivity contribution in [1.29, 1.82) is 0 Å². The van der Waals surface area contributed by atoms with Crippen LogP contribution in [0.15, 0.2) is 72.4 Å². The van der Waals surface area contributed by atoms with Crippen LogP contribution in [-0.4, -0.2) is 18.9 Å². The Morgan fingerprint density at radius 2 is 1.65 bits per heavy atom. The van der Waals surface area contributed by atoms with Crippen LogP contribution in [0, 0.1) is 11.6 Å². The van der Waals surface area contributed by atoms with Gasteiger partial charge in [-0.05, 0) is 48.0 Å². The maximum atomic E-state index is 14.4. The van der Waals surface area contributed by atoms with Crippen LogP contribution in [0.1, 0.15) is 5.56 Å². The number of benzene rings is 3. The Kier molecular flexibility index (Phi) is 5.44. The average Bonchev–Trinajstić information content (AvgIpc) is 2.99. The van der Waals surface area contributed by atoms with Crippen LogP contribution >= 0.6 is 11.6 Å². The predicted octanol–water partition coefficient (Wildman–Crippen LogP) is 5.02. The molecule has 1 aliphatic rings. The first kappa shape index (κ1) is 20.6. The summed E-state index contributed by atoms with van der Waals surface area (Å²) in [6.45, 7) is 0. The van der Waals surface area contributed by atoms with Gasteiger partial charge in [-0.3, -0.25) is 9.59 Å². The maximum absolute atomic E-state index is 14.4. The zero-order chi connectivity index (χ0) is 22.1. The molecule has 3 aromatic carbocycles. The van der Waals surface area contributed by atoms with E-state index in [1.807, 2.05) is 0 Å². The van der Waals surface area contributed by atoms with E-state index in [0.717, 1.165) is 11.0 Å². The van der Waals surface area contributed by atoms with Crippen molar-refractivity contribution < 1.29 is 23.1 Å². The van der Waals surface area contributed by atoms with Gasteiger partial charge in [-0.1, -0.05) is 35.9 Å². The monoisotopic (exact) mass is 440 g/mol. The van der Waals surface area contributed by atoms with Crippen LogP contribution in [0.2, 0.25) is 5.02 Å². The van der Waals surface area contributed by atoms with Crippen LogP contribution in [0.25, 0.3) is 5.57 Å². The van der Waals surface area contributed by atoms with Crippen molar-refractivity contribution in [1.82, 2.24) is 0 Å². The second kappa shape index (κ2) is 8.20. The number of imide groups is 1. The Morgan fingerprint density at radius 3 is 2.32 bits per heavy atom. The fourth-order valence-electron chi connectivity index (χ4n) is 3.29. The number of halogens is 3. The molecule has 1 heterocycles. The van der Waals surface area contributed by atoms with Crippen molar-refractivity contribution in [2.75, 3.05) is 17.3 Å². The molecule has 2 amide bonds. The van der Waals surface area contributed by atoms with E-state index in [4.69, 9.17) is 16.3 Å². The van der Waals surface area contributed by atoms with Gasteiger partial charge in [-0.25, -0.2) is 13.7 Å². The molecule has 0 bridgehead atoms. The number of methoxy groups -OCH3 is 1.